The molecule has 1 aliphatic rings. The first-order chi connectivity index (χ1) is 7.00. The van der Waals surface area contributed by atoms with Gasteiger partial charge in [0.2, 0.25) is 0 Å². The first kappa shape index (κ1) is 10.9. The Kier molecular flexibility index (Phi) is 2.71. The number of nitrogens with one attached hydrogen (secondary N) is 1. The van der Waals surface area contributed by atoms with E-state index in [4.69, 9.17) is 12.2 Å². The van der Waals surface area contributed by atoms with Gasteiger partial charge in [-0.1, -0.05) is 33.6 Å². The summed E-state index contributed by atoms with van der Waals surface area (Å²) in [5, 5.41) is 7.31. The van der Waals surface area contributed by atoms with Gasteiger partial charge in [-0.25, -0.2) is 0 Å². The van der Waals surface area contributed by atoms with Crippen LogP contribution in [-0.4, -0.2) is 14.8 Å². The highest BCUT2D eigenvalue weighted by Gasteiger charge is 2.27. The van der Waals surface area contributed by atoms with Gasteiger partial charge in [-0.15, -0.1) is 0 Å². The summed E-state index contributed by atoms with van der Waals surface area (Å²) in [5.74, 6) is 1.10. The third-order valence-corrected chi connectivity index (χ3v) is 3.35. The highest BCUT2D eigenvalue weighted by atomic mass is 32.1. The molecule has 1 saturated carbocycles. The van der Waals surface area contributed by atoms with E-state index in [0.29, 0.717) is 6.04 Å². The summed E-state index contributed by atoms with van der Waals surface area (Å²) < 4.78 is 3.02. The second kappa shape index (κ2) is 3.74. The summed E-state index contributed by atoms with van der Waals surface area (Å²) in [6.45, 7) is 6.55. The second-order valence-corrected chi connectivity index (χ2v) is 5.80. The van der Waals surface area contributed by atoms with Crippen LogP contribution in [0.1, 0.15) is 58.3 Å². The van der Waals surface area contributed by atoms with Gasteiger partial charge in [0.25, 0.3) is 0 Å². The van der Waals surface area contributed by atoms with Crippen LogP contribution in [0.3, 0.4) is 0 Å². The minimum absolute atomic E-state index is 0.0656. The van der Waals surface area contributed by atoms with Crippen LogP contribution in [-0.2, 0) is 5.41 Å². The van der Waals surface area contributed by atoms with Crippen LogP contribution in [0.25, 0.3) is 0 Å². The van der Waals surface area contributed by atoms with Gasteiger partial charge in [-0.05, 0) is 25.1 Å². The molecule has 0 unspecified atom stereocenters. The SMILES string of the molecule is CC(C)(C)c1n[nH]c(=S)n1C1CCCC1. The molecule has 3 nitrogen and oxygen atoms in total. The number of aromatic nitrogens is 3. The van der Waals surface area contributed by atoms with Gasteiger partial charge in [0, 0.05) is 11.5 Å². The fourth-order valence-corrected chi connectivity index (χ4v) is 2.62. The van der Waals surface area contributed by atoms with Crippen LogP contribution in [0, 0.1) is 4.77 Å². The molecule has 0 radical (unpaired) electrons. The van der Waals surface area contributed by atoms with E-state index in [1.54, 1.807) is 0 Å². The lowest BCUT2D eigenvalue weighted by molar-refractivity contribution is 0.434. The van der Waals surface area contributed by atoms with Crippen molar-refractivity contribution in [2.45, 2.75) is 57.9 Å². The lowest BCUT2D eigenvalue weighted by atomic mass is 9.95. The van der Waals surface area contributed by atoms with Crippen molar-refractivity contribution in [2.24, 2.45) is 0 Å². The van der Waals surface area contributed by atoms with E-state index in [0.717, 1.165) is 10.6 Å². The standard InChI is InChI=1S/C11H19N3S/c1-11(2,3)9-12-13-10(15)14(9)8-6-4-5-7-8/h8H,4-7H2,1-3H3,(H,13,15). The van der Waals surface area contributed by atoms with Crippen molar-refractivity contribution < 1.29 is 0 Å². The van der Waals surface area contributed by atoms with Crippen LogP contribution >= 0.6 is 12.2 Å². The van der Waals surface area contributed by atoms with E-state index in [1.807, 2.05) is 0 Å². The van der Waals surface area contributed by atoms with E-state index >= 15 is 0 Å². The molecule has 0 spiro atoms. The smallest absolute Gasteiger partial charge is 0.195 e. The number of aromatic amines is 1. The van der Waals surface area contributed by atoms with E-state index in [2.05, 4.69) is 35.5 Å². The Hall–Kier alpha value is -0.640. The van der Waals surface area contributed by atoms with Crippen molar-refractivity contribution in [3.05, 3.63) is 10.6 Å². The second-order valence-electron chi connectivity index (χ2n) is 5.41. The number of hydrogen-bond donors (Lipinski definition) is 1. The molecular weight excluding hydrogens is 206 g/mol. The molecule has 0 saturated heterocycles. The molecule has 84 valence electrons. The zero-order chi connectivity index (χ0) is 11.1. The van der Waals surface area contributed by atoms with Crippen LogP contribution < -0.4 is 0 Å². The van der Waals surface area contributed by atoms with E-state index in [9.17, 15) is 0 Å². The van der Waals surface area contributed by atoms with Crippen molar-refractivity contribution in [1.29, 1.82) is 0 Å². The summed E-state index contributed by atoms with van der Waals surface area (Å²) in [5.41, 5.74) is 0.0656. The molecule has 4 heteroatoms. The molecule has 15 heavy (non-hydrogen) atoms. The Morgan fingerprint density at radius 3 is 2.47 bits per heavy atom. The van der Waals surface area contributed by atoms with Gasteiger partial charge in [0.05, 0.1) is 0 Å². The van der Waals surface area contributed by atoms with Gasteiger partial charge < -0.3 is 4.57 Å². The van der Waals surface area contributed by atoms with E-state index in [1.165, 1.54) is 25.7 Å². The minimum atomic E-state index is 0.0656. The van der Waals surface area contributed by atoms with Crippen molar-refractivity contribution in [3.8, 4) is 0 Å². The molecule has 1 aliphatic carbocycles. The largest absolute Gasteiger partial charge is 0.301 e. The lowest BCUT2D eigenvalue weighted by Crippen LogP contribution is -2.21. The molecule has 1 heterocycles. The third kappa shape index (κ3) is 2.00. The average Bonchev–Trinajstić information content (AvgIpc) is 2.69. The zero-order valence-electron chi connectivity index (χ0n) is 9.71. The van der Waals surface area contributed by atoms with Gasteiger partial charge in [0.15, 0.2) is 4.77 Å². The Morgan fingerprint density at radius 2 is 1.93 bits per heavy atom. The summed E-state index contributed by atoms with van der Waals surface area (Å²) in [7, 11) is 0. The third-order valence-electron chi connectivity index (χ3n) is 3.07. The van der Waals surface area contributed by atoms with Crippen LogP contribution in [0.15, 0.2) is 0 Å². The highest BCUT2D eigenvalue weighted by molar-refractivity contribution is 7.71. The Balaban J connectivity index is 2.44. The van der Waals surface area contributed by atoms with Crippen molar-refractivity contribution in [3.63, 3.8) is 0 Å². The van der Waals surface area contributed by atoms with E-state index in [-0.39, 0.29) is 5.41 Å². The topological polar surface area (TPSA) is 33.6 Å². The number of rotatable bonds is 1. The van der Waals surface area contributed by atoms with Crippen LogP contribution in [0.4, 0.5) is 0 Å². The maximum atomic E-state index is 5.32. The Labute approximate surface area is 95.9 Å². The fourth-order valence-electron chi connectivity index (χ4n) is 2.33. The number of hydrogen-bond acceptors (Lipinski definition) is 2. The normalized spacial score (nSPS) is 18.6. The molecule has 0 aliphatic heterocycles. The number of nitrogens with zero attached hydrogens (tertiary/aromatic N) is 2. The first-order valence-corrected chi connectivity index (χ1v) is 6.08. The maximum absolute atomic E-state index is 5.32. The summed E-state index contributed by atoms with van der Waals surface area (Å²) in [4.78, 5) is 0. The summed E-state index contributed by atoms with van der Waals surface area (Å²) in [6, 6.07) is 0.575. The molecule has 1 aromatic rings. The number of H-pyrrole nitrogens is 1. The molecule has 0 aromatic carbocycles. The monoisotopic (exact) mass is 225 g/mol. The maximum Gasteiger partial charge on any atom is 0.195 e. The van der Waals surface area contributed by atoms with Crippen molar-refractivity contribution in [1.82, 2.24) is 14.8 Å². The van der Waals surface area contributed by atoms with Gasteiger partial charge >= 0.3 is 0 Å². The van der Waals surface area contributed by atoms with Gasteiger partial charge in [-0.2, -0.15) is 5.10 Å². The van der Waals surface area contributed by atoms with Crippen molar-refractivity contribution in [2.75, 3.05) is 0 Å². The molecular formula is C11H19N3S. The highest BCUT2D eigenvalue weighted by Crippen LogP contribution is 2.33. The van der Waals surface area contributed by atoms with Crippen molar-refractivity contribution >= 4 is 12.2 Å². The summed E-state index contributed by atoms with van der Waals surface area (Å²) >= 11 is 5.32. The lowest BCUT2D eigenvalue weighted by Gasteiger charge is -2.22. The fraction of sp³-hybridized carbons (Fsp3) is 0.818. The molecule has 1 N–H and O–H groups in total. The quantitative estimate of drug-likeness (QED) is 0.744. The van der Waals surface area contributed by atoms with Gasteiger partial charge in [-0.3, -0.25) is 5.10 Å². The van der Waals surface area contributed by atoms with Crippen LogP contribution in [0.5, 0.6) is 0 Å². The van der Waals surface area contributed by atoms with Crippen LogP contribution in [0.2, 0.25) is 0 Å². The summed E-state index contributed by atoms with van der Waals surface area (Å²) in [6.07, 6.45) is 5.14. The zero-order valence-corrected chi connectivity index (χ0v) is 10.5. The molecule has 0 bridgehead atoms. The Morgan fingerprint density at radius 1 is 1.33 bits per heavy atom. The van der Waals surface area contributed by atoms with E-state index < -0.39 is 0 Å². The predicted octanol–water partition coefficient (Wildman–Crippen LogP) is 3.35. The minimum Gasteiger partial charge on any atom is -0.301 e. The first-order valence-electron chi connectivity index (χ1n) is 5.67. The average molecular weight is 225 g/mol. The van der Waals surface area contributed by atoms with Gasteiger partial charge in [0.1, 0.15) is 5.82 Å². The molecule has 1 fully saturated rings. The molecule has 0 atom stereocenters. The molecule has 1 aromatic heterocycles. The predicted molar refractivity (Wildman–Crippen MR) is 63.6 cm³/mol. The molecule has 2 rings (SSSR count). The Bertz CT molecular complexity index is 391. The molecule has 0 amide bonds.